The number of halogens is 6. The van der Waals surface area contributed by atoms with E-state index in [0.29, 0.717) is 0 Å². The molecule has 1 unspecified atom stereocenters. The monoisotopic (exact) mass is 430 g/mol. The average molecular weight is 430 g/mol. The van der Waals surface area contributed by atoms with Crippen molar-refractivity contribution in [3.05, 3.63) is 87.4 Å². The van der Waals surface area contributed by atoms with Crippen LogP contribution in [-0.4, -0.2) is 10.9 Å². The number of hydrogen-bond acceptors (Lipinski definition) is 3. The van der Waals surface area contributed by atoms with Gasteiger partial charge >= 0.3 is 12.4 Å². The van der Waals surface area contributed by atoms with E-state index in [-0.39, 0.29) is 10.4 Å². The van der Waals surface area contributed by atoms with E-state index >= 15 is 0 Å². The van der Waals surface area contributed by atoms with Crippen LogP contribution in [0.4, 0.5) is 26.3 Å². The molecule has 0 saturated carbocycles. The molecule has 2 aromatic heterocycles. The first-order chi connectivity index (χ1) is 13.6. The summed E-state index contributed by atoms with van der Waals surface area (Å²) in [7, 11) is 0. The maximum Gasteiger partial charge on any atom is 0.418 e. The number of hydrogen-bond donors (Lipinski definition) is 1. The topological polar surface area (TPSA) is 42.0 Å². The fourth-order valence-electron chi connectivity index (χ4n) is 2.67. The average Bonchev–Trinajstić information content (AvgIpc) is 3.20. The zero-order chi connectivity index (χ0) is 21.2. The second-order valence-electron chi connectivity index (χ2n) is 5.94. The van der Waals surface area contributed by atoms with Gasteiger partial charge in [0.2, 0.25) is 0 Å². The first-order valence-electron chi connectivity index (χ1n) is 8.11. The van der Waals surface area contributed by atoms with Gasteiger partial charge in [-0.05, 0) is 41.3 Å². The van der Waals surface area contributed by atoms with Crippen molar-refractivity contribution in [3.63, 3.8) is 0 Å². The van der Waals surface area contributed by atoms with E-state index in [1.54, 1.807) is 11.4 Å². The molecular formula is C19H12F6N2OS. The predicted molar refractivity (Wildman–Crippen MR) is 94.3 cm³/mol. The lowest BCUT2D eigenvalue weighted by molar-refractivity contribution is -0.139. The predicted octanol–water partition coefficient (Wildman–Crippen LogP) is 5.70. The van der Waals surface area contributed by atoms with Crippen LogP contribution in [0, 0.1) is 0 Å². The number of nitrogens with zero attached hydrogens (tertiary/aromatic N) is 1. The number of carbonyl (C=O) groups is 1. The standard InChI is InChI=1S/C19H12F6N2OS/c20-18(21,22)12-7-5-11(6-8-12)15(27-17(28)14-4-2-10-29-14)16-13(19(23,24)25)3-1-9-26-16/h1-10,15H,(H,27,28). The van der Waals surface area contributed by atoms with Crippen LogP contribution < -0.4 is 5.32 Å². The highest BCUT2D eigenvalue weighted by molar-refractivity contribution is 7.12. The Kier molecular flexibility index (Phi) is 5.65. The molecule has 0 aliphatic carbocycles. The summed E-state index contributed by atoms with van der Waals surface area (Å²) in [5, 5.41) is 4.07. The van der Waals surface area contributed by atoms with Gasteiger partial charge in [0.05, 0.1) is 27.7 Å². The molecule has 3 aromatic rings. The zero-order valence-corrected chi connectivity index (χ0v) is 15.2. The molecule has 0 spiro atoms. The molecule has 0 bridgehead atoms. The Morgan fingerprint density at radius 3 is 2.17 bits per heavy atom. The van der Waals surface area contributed by atoms with Crippen molar-refractivity contribution in [2.45, 2.75) is 18.4 Å². The van der Waals surface area contributed by atoms with E-state index < -0.39 is 41.1 Å². The second kappa shape index (κ2) is 7.86. The first-order valence-corrected chi connectivity index (χ1v) is 8.99. The van der Waals surface area contributed by atoms with Gasteiger partial charge in [0.25, 0.3) is 5.91 Å². The van der Waals surface area contributed by atoms with Crippen LogP contribution in [0.5, 0.6) is 0 Å². The lowest BCUT2D eigenvalue weighted by atomic mass is 9.97. The summed E-state index contributed by atoms with van der Waals surface area (Å²) in [6.07, 6.45) is -8.24. The van der Waals surface area contributed by atoms with Gasteiger partial charge in [0.15, 0.2) is 0 Å². The fraction of sp³-hybridized carbons (Fsp3) is 0.158. The summed E-state index contributed by atoms with van der Waals surface area (Å²) in [6.45, 7) is 0. The highest BCUT2D eigenvalue weighted by atomic mass is 32.1. The summed E-state index contributed by atoms with van der Waals surface area (Å²) < 4.78 is 78.9. The van der Waals surface area contributed by atoms with E-state index in [1.165, 1.54) is 6.07 Å². The summed E-state index contributed by atoms with van der Waals surface area (Å²) in [5.41, 5.74) is -2.52. The second-order valence-corrected chi connectivity index (χ2v) is 6.89. The van der Waals surface area contributed by atoms with Crippen LogP contribution in [0.15, 0.2) is 60.1 Å². The van der Waals surface area contributed by atoms with E-state index in [1.807, 2.05) is 0 Å². The third kappa shape index (κ3) is 4.76. The highest BCUT2D eigenvalue weighted by Gasteiger charge is 2.37. The van der Waals surface area contributed by atoms with Crippen LogP contribution in [0.25, 0.3) is 0 Å². The van der Waals surface area contributed by atoms with Crippen molar-refractivity contribution in [1.29, 1.82) is 0 Å². The molecule has 2 heterocycles. The molecule has 0 radical (unpaired) electrons. The molecule has 0 aliphatic heterocycles. The molecule has 1 amide bonds. The van der Waals surface area contributed by atoms with Gasteiger partial charge < -0.3 is 5.32 Å². The molecule has 0 aliphatic rings. The van der Waals surface area contributed by atoms with Gasteiger partial charge in [-0.15, -0.1) is 11.3 Å². The summed E-state index contributed by atoms with van der Waals surface area (Å²) in [6, 6.07) is 7.11. The molecular weight excluding hydrogens is 418 g/mol. The Labute approximate surface area is 165 Å². The molecule has 10 heteroatoms. The van der Waals surface area contributed by atoms with E-state index in [2.05, 4.69) is 10.3 Å². The Bertz CT molecular complexity index is 981. The molecule has 3 rings (SSSR count). The van der Waals surface area contributed by atoms with Gasteiger partial charge in [-0.2, -0.15) is 26.3 Å². The summed E-state index contributed by atoms with van der Waals surface area (Å²) in [4.78, 5) is 16.5. The van der Waals surface area contributed by atoms with E-state index in [4.69, 9.17) is 0 Å². The molecule has 0 fully saturated rings. The zero-order valence-electron chi connectivity index (χ0n) is 14.4. The number of aromatic nitrogens is 1. The maximum absolute atomic E-state index is 13.5. The van der Waals surface area contributed by atoms with Gasteiger partial charge in [0.1, 0.15) is 0 Å². The van der Waals surface area contributed by atoms with Gasteiger partial charge in [-0.1, -0.05) is 18.2 Å². The van der Waals surface area contributed by atoms with Crippen LogP contribution in [0.3, 0.4) is 0 Å². The van der Waals surface area contributed by atoms with Crippen molar-refractivity contribution in [2.24, 2.45) is 0 Å². The molecule has 3 nitrogen and oxygen atoms in total. The smallest absolute Gasteiger partial charge is 0.339 e. The van der Waals surface area contributed by atoms with E-state index in [0.717, 1.165) is 53.9 Å². The van der Waals surface area contributed by atoms with Gasteiger partial charge in [0, 0.05) is 6.20 Å². The maximum atomic E-state index is 13.5. The number of amides is 1. The molecule has 1 atom stereocenters. The molecule has 1 N–H and O–H groups in total. The lowest BCUT2D eigenvalue weighted by Crippen LogP contribution is -2.31. The third-order valence-electron chi connectivity index (χ3n) is 4.01. The molecule has 152 valence electrons. The lowest BCUT2D eigenvalue weighted by Gasteiger charge is -2.22. The highest BCUT2D eigenvalue weighted by Crippen LogP contribution is 2.36. The minimum absolute atomic E-state index is 0.0344. The van der Waals surface area contributed by atoms with Crippen molar-refractivity contribution < 1.29 is 31.1 Å². The number of benzene rings is 1. The van der Waals surface area contributed by atoms with E-state index in [9.17, 15) is 31.1 Å². The number of rotatable bonds is 4. The minimum atomic E-state index is -4.76. The van der Waals surface area contributed by atoms with Crippen molar-refractivity contribution >= 4 is 17.2 Å². The number of alkyl halides is 6. The largest absolute Gasteiger partial charge is 0.418 e. The SMILES string of the molecule is O=C(NC(c1ccc(C(F)(F)F)cc1)c1ncccc1C(F)(F)F)c1cccs1. The fourth-order valence-corrected chi connectivity index (χ4v) is 3.30. The van der Waals surface area contributed by atoms with Crippen LogP contribution in [-0.2, 0) is 12.4 Å². The quantitative estimate of drug-likeness (QED) is 0.540. The number of nitrogens with one attached hydrogen (secondary N) is 1. The van der Waals surface area contributed by atoms with Gasteiger partial charge in [-0.25, -0.2) is 0 Å². The Morgan fingerprint density at radius 1 is 0.931 bits per heavy atom. The van der Waals surface area contributed by atoms with Crippen LogP contribution >= 0.6 is 11.3 Å². The number of carbonyl (C=O) groups excluding carboxylic acids is 1. The van der Waals surface area contributed by atoms with Gasteiger partial charge in [-0.3, -0.25) is 9.78 Å². The number of thiophene rings is 1. The Hall–Kier alpha value is -2.88. The third-order valence-corrected chi connectivity index (χ3v) is 4.88. The first kappa shape index (κ1) is 20.8. The normalized spacial score (nSPS) is 13.2. The molecule has 1 aromatic carbocycles. The Balaban J connectivity index is 2.07. The van der Waals surface area contributed by atoms with Crippen LogP contribution in [0.2, 0.25) is 0 Å². The minimum Gasteiger partial charge on any atom is -0.339 e. The molecule has 0 saturated heterocycles. The summed E-state index contributed by atoms with van der Waals surface area (Å²) >= 11 is 1.08. The van der Waals surface area contributed by atoms with Crippen molar-refractivity contribution in [1.82, 2.24) is 10.3 Å². The van der Waals surface area contributed by atoms with Crippen LogP contribution in [0.1, 0.15) is 38.1 Å². The Morgan fingerprint density at radius 2 is 1.62 bits per heavy atom. The van der Waals surface area contributed by atoms with Crippen molar-refractivity contribution in [3.8, 4) is 0 Å². The summed E-state index contributed by atoms with van der Waals surface area (Å²) in [5.74, 6) is -0.663. The molecule has 29 heavy (non-hydrogen) atoms. The van der Waals surface area contributed by atoms with Crippen molar-refractivity contribution in [2.75, 3.05) is 0 Å². The number of pyridine rings is 1.